The number of nitro benzene ring substituents is 1. The highest BCUT2D eigenvalue weighted by Crippen LogP contribution is 2.33. The summed E-state index contributed by atoms with van der Waals surface area (Å²) in [5.41, 5.74) is 1.24. The van der Waals surface area contributed by atoms with Crippen LogP contribution >= 0.6 is 0 Å². The normalized spacial score (nSPS) is 13.4. The number of nitriles is 1. The fourth-order valence-corrected chi connectivity index (χ4v) is 2.62. The van der Waals surface area contributed by atoms with Gasteiger partial charge >= 0.3 is 5.97 Å². The van der Waals surface area contributed by atoms with Gasteiger partial charge in [0.1, 0.15) is 18.1 Å². The highest BCUT2D eigenvalue weighted by Gasteiger charge is 2.23. The molecule has 1 atom stereocenters. The average molecular weight is 384 g/mol. The molecule has 9 heteroatoms. The molecule has 9 nitrogen and oxygen atoms in total. The molecule has 1 heterocycles. The molecule has 0 unspecified atom stereocenters. The molecule has 1 aliphatic rings. The fourth-order valence-electron chi connectivity index (χ4n) is 2.62. The molecule has 2 aromatic carbocycles. The molecule has 2 aromatic rings. The van der Waals surface area contributed by atoms with Crippen LogP contribution in [0.1, 0.15) is 23.6 Å². The van der Waals surface area contributed by atoms with E-state index in [1.165, 1.54) is 19.1 Å². The van der Waals surface area contributed by atoms with Crippen LogP contribution in [0.4, 0.5) is 5.69 Å². The van der Waals surface area contributed by atoms with E-state index in [1.807, 2.05) is 6.07 Å². The number of nitro groups is 1. The maximum atomic E-state index is 12.2. The number of carbonyl (C=O) groups is 1. The highest BCUT2D eigenvalue weighted by molar-refractivity contribution is 5.74. The molecule has 0 saturated carbocycles. The highest BCUT2D eigenvalue weighted by atomic mass is 16.7. The Hall–Kier alpha value is -3.64. The minimum absolute atomic E-state index is 0.0178. The van der Waals surface area contributed by atoms with E-state index in [1.54, 1.807) is 24.3 Å². The lowest BCUT2D eigenvalue weighted by Gasteiger charge is -2.21. The van der Waals surface area contributed by atoms with Gasteiger partial charge in [-0.05, 0) is 31.2 Å². The van der Waals surface area contributed by atoms with Crippen LogP contribution in [0.15, 0.2) is 36.4 Å². The summed E-state index contributed by atoms with van der Waals surface area (Å²) in [4.78, 5) is 22.8. The summed E-state index contributed by atoms with van der Waals surface area (Å²) in [6.07, 6.45) is -0.910. The molecule has 0 radical (unpaired) electrons. The Kier molecular flexibility index (Phi) is 5.72. The van der Waals surface area contributed by atoms with Crippen molar-refractivity contribution in [3.05, 3.63) is 63.2 Å². The minimum atomic E-state index is -0.910. The molecular weight excluding hydrogens is 368 g/mol. The number of carbonyl (C=O) groups excluding carboxylic acids is 1. The largest absolute Gasteiger partial charge is 0.479 e. The van der Waals surface area contributed by atoms with Crippen molar-refractivity contribution >= 4 is 11.7 Å². The molecule has 0 N–H and O–H groups in total. The van der Waals surface area contributed by atoms with Crippen molar-refractivity contribution in [3.8, 4) is 17.6 Å². The molecule has 28 heavy (non-hydrogen) atoms. The third kappa shape index (κ3) is 4.36. The molecule has 3 rings (SSSR count). The molecule has 0 aromatic heterocycles. The Morgan fingerprint density at radius 3 is 2.79 bits per heavy atom. The van der Waals surface area contributed by atoms with Crippen molar-refractivity contribution in [3.63, 3.8) is 0 Å². The Bertz CT molecular complexity index is 935. The number of nitrogens with zero attached hydrogens (tertiary/aromatic N) is 2. The molecule has 0 fully saturated rings. The monoisotopic (exact) mass is 384 g/mol. The van der Waals surface area contributed by atoms with Gasteiger partial charge in [-0.3, -0.25) is 10.1 Å². The van der Waals surface area contributed by atoms with Gasteiger partial charge in [0.25, 0.3) is 5.69 Å². The molecular formula is C19H16N2O7. The second-order valence-electron chi connectivity index (χ2n) is 5.96. The fraction of sp³-hybridized carbons (Fsp3) is 0.263. The van der Waals surface area contributed by atoms with Gasteiger partial charge < -0.3 is 18.9 Å². The van der Waals surface area contributed by atoms with Gasteiger partial charge in [-0.2, -0.15) is 5.26 Å². The number of benzene rings is 2. The number of ether oxygens (including phenoxy) is 4. The lowest BCUT2D eigenvalue weighted by molar-refractivity contribution is -0.385. The second kappa shape index (κ2) is 8.37. The van der Waals surface area contributed by atoms with E-state index in [2.05, 4.69) is 0 Å². The van der Waals surface area contributed by atoms with E-state index in [0.29, 0.717) is 28.2 Å². The molecule has 0 spiro atoms. The van der Waals surface area contributed by atoms with E-state index < -0.39 is 17.0 Å². The van der Waals surface area contributed by atoms with Gasteiger partial charge in [0, 0.05) is 23.3 Å². The maximum absolute atomic E-state index is 12.2. The van der Waals surface area contributed by atoms with Crippen molar-refractivity contribution < 1.29 is 28.7 Å². The summed E-state index contributed by atoms with van der Waals surface area (Å²) in [6, 6.07) is 11.0. The first kappa shape index (κ1) is 19.1. The van der Waals surface area contributed by atoms with Crippen LogP contribution in [0, 0.1) is 21.4 Å². The van der Waals surface area contributed by atoms with E-state index in [4.69, 9.17) is 24.2 Å². The number of hydrogen-bond acceptors (Lipinski definition) is 8. The second-order valence-corrected chi connectivity index (χ2v) is 5.96. The van der Waals surface area contributed by atoms with Gasteiger partial charge in [-0.25, -0.2) is 4.79 Å². The topological polar surface area (TPSA) is 121 Å². The molecule has 144 valence electrons. The van der Waals surface area contributed by atoms with E-state index in [0.717, 1.165) is 0 Å². The number of fused-ring (bicyclic) bond motifs is 1. The zero-order valence-electron chi connectivity index (χ0n) is 14.9. The number of esters is 1. The molecule has 0 aliphatic carbocycles. The Morgan fingerprint density at radius 2 is 2.11 bits per heavy atom. The molecule has 1 aliphatic heterocycles. The Balaban J connectivity index is 1.67. The third-order valence-electron chi connectivity index (χ3n) is 3.98. The standard InChI is InChI=1S/C19H16N2O7/c1-12(28-17-4-2-13(8-20)3-5-17)19(22)26-10-15-7-16(21(23)24)6-14-9-25-11-27-18(14)15/h2-7,12H,9-11H2,1H3/t12-/m1/s1. The van der Waals surface area contributed by atoms with Crippen molar-refractivity contribution in [1.29, 1.82) is 5.26 Å². The average Bonchev–Trinajstić information content (AvgIpc) is 2.71. The summed E-state index contributed by atoms with van der Waals surface area (Å²) in [7, 11) is 0. The maximum Gasteiger partial charge on any atom is 0.347 e. The van der Waals surface area contributed by atoms with Crippen LogP contribution in [0.3, 0.4) is 0 Å². The number of non-ortho nitro benzene ring substituents is 1. The molecule has 0 saturated heterocycles. The molecule has 0 amide bonds. The summed E-state index contributed by atoms with van der Waals surface area (Å²) in [5, 5.41) is 19.9. The summed E-state index contributed by atoms with van der Waals surface area (Å²) in [5.74, 6) is 0.193. The van der Waals surface area contributed by atoms with Crippen LogP contribution in [0.2, 0.25) is 0 Å². The first-order valence-electron chi connectivity index (χ1n) is 8.32. The van der Waals surface area contributed by atoms with Crippen molar-refractivity contribution in [1.82, 2.24) is 0 Å². The van der Waals surface area contributed by atoms with Crippen LogP contribution in [-0.4, -0.2) is 23.8 Å². The predicted octanol–water partition coefficient (Wildman–Crippen LogP) is 2.84. The van der Waals surface area contributed by atoms with Crippen molar-refractivity contribution in [2.45, 2.75) is 26.2 Å². The zero-order valence-corrected chi connectivity index (χ0v) is 14.9. The van der Waals surface area contributed by atoms with Gasteiger partial charge in [-0.15, -0.1) is 0 Å². The smallest absolute Gasteiger partial charge is 0.347 e. The number of rotatable bonds is 6. The summed E-state index contributed by atoms with van der Waals surface area (Å²) in [6.45, 7) is 1.51. The molecule has 0 bridgehead atoms. The van der Waals surface area contributed by atoms with Gasteiger partial charge in [-0.1, -0.05) is 0 Å². The van der Waals surface area contributed by atoms with Crippen LogP contribution in [0.25, 0.3) is 0 Å². The predicted molar refractivity (Wildman–Crippen MR) is 94.4 cm³/mol. The van der Waals surface area contributed by atoms with E-state index in [9.17, 15) is 14.9 Å². The quantitative estimate of drug-likeness (QED) is 0.423. The van der Waals surface area contributed by atoms with Gasteiger partial charge in [0.2, 0.25) is 0 Å². The third-order valence-corrected chi connectivity index (χ3v) is 3.98. The summed E-state index contributed by atoms with van der Waals surface area (Å²) < 4.78 is 21.3. The van der Waals surface area contributed by atoms with Gasteiger partial charge in [0.05, 0.1) is 23.2 Å². The summed E-state index contributed by atoms with van der Waals surface area (Å²) >= 11 is 0. The minimum Gasteiger partial charge on any atom is -0.479 e. The van der Waals surface area contributed by atoms with Crippen molar-refractivity contribution in [2.75, 3.05) is 6.79 Å². The van der Waals surface area contributed by atoms with E-state index >= 15 is 0 Å². The first-order chi connectivity index (χ1) is 13.5. The van der Waals surface area contributed by atoms with E-state index in [-0.39, 0.29) is 25.7 Å². The lowest BCUT2D eigenvalue weighted by atomic mass is 10.1. The van der Waals surface area contributed by atoms with Crippen LogP contribution in [0.5, 0.6) is 11.5 Å². The first-order valence-corrected chi connectivity index (χ1v) is 8.32. The van der Waals surface area contributed by atoms with Crippen molar-refractivity contribution in [2.24, 2.45) is 0 Å². The zero-order chi connectivity index (χ0) is 20.1. The van der Waals surface area contributed by atoms with Gasteiger partial charge in [0.15, 0.2) is 12.9 Å². The lowest BCUT2D eigenvalue weighted by Crippen LogP contribution is -2.26. The number of hydrogen-bond donors (Lipinski definition) is 0. The SMILES string of the molecule is C[C@@H](Oc1ccc(C#N)cc1)C(=O)OCc1cc([N+](=O)[O-])cc2c1OCOC2. The van der Waals surface area contributed by atoms with Crippen LogP contribution in [-0.2, 0) is 27.5 Å². The van der Waals surface area contributed by atoms with Crippen LogP contribution < -0.4 is 9.47 Å². The Labute approximate surface area is 160 Å². The Morgan fingerprint density at radius 1 is 1.36 bits per heavy atom.